The summed E-state index contributed by atoms with van der Waals surface area (Å²) in [5, 5.41) is 5.91. The Kier molecular flexibility index (Phi) is 6.12. The summed E-state index contributed by atoms with van der Waals surface area (Å²) in [6.07, 6.45) is 1.91. The Morgan fingerprint density at radius 3 is 2.78 bits per heavy atom. The van der Waals surface area contributed by atoms with Crippen molar-refractivity contribution in [3.05, 3.63) is 59.2 Å². The first kappa shape index (κ1) is 19.0. The summed E-state index contributed by atoms with van der Waals surface area (Å²) in [6, 6.07) is 13.6. The van der Waals surface area contributed by atoms with Gasteiger partial charge >= 0.3 is 0 Å². The summed E-state index contributed by atoms with van der Waals surface area (Å²) in [6.45, 7) is 4.90. The molecule has 1 aliphatic rings. The van der Waals surface area contributed by atoms with Gasteiger partial charge in [-0.15, -0.1) is 0 Å². The summed E-state index contributed by atoms with van der Waals surface area (Å²) in [5.41, 5.74) is 3.97. The number of carbonyl (C=O) groups excluding carboxylic acids is 2. The van der Waals surface area contributed by atoms with Crippen LogP contribution in [0, 0.1) is 12.8 Å². The van der Waals surface area contributed by atoms with Gasteiger partial charge in [0, 0.05) is 18.7 Å². The van der Waals surface area contributed by atoms with E-state index in [1.165, 1.54) is 0 Å². The van der Waals surface area contributed by atoms with E-state index >= 15 is 0 Å². The Labute approximate surface area is 160 Å². The van der Waals surface area contributed by atoms with Gasteiger partial charge in [-0.25, -0.2) is 0 Å². The maximum atomic E-state index is 12.6. The molecule has 2 amide bonds. The zero-order valence-corrected chi connectivity index (χ0v) is 15.9. The summed E-state index contributed by atoms with van der Waals surface area (Å²) >= 11 is 0. The summed E-state index contributed by atoms with van der Waals surface area (Å²) in [4.78, 5) is 24.4. The minimum absolute atomic E-state index is 0.00158. The average Bonchev–Trinajstić information content (AvgIpc) is 2.66. The second kappa shape index (κ2) is 8.71. The molecule has 0 radical (unpaired) electrons. The predicted molar refractivity (Wildman–Crippen MR) is 106 cm³/mol. The van der Waals surface area contributed by atoms with Gasteiger partial charge in [0.15, 0.2) is 0 Å². The molecule has 27 heavy (non-hydrogen) atoms. The van der Waals surface area contributed by atoms with Crippen LogP contribution in [0.15, 0.2) is 42.5 Å². The molecule has 5 heteroatoms. The van der Waals surface area contributed by atoms with E-state index in [1.54, 1.807) is 0 Å². The Morgan fingerprint density at radius 2 is 2.00 bits per heavy atom. The number of carbonyl (C=O) groups is 2. The molecule has 0 saturated carbocycles. The summed E-state index contributed by atoms with van der Waals surface area (Å²) in [5.74, 6) is 0.542. The van der Waals surface area contributed by atoms with Crippen LogP contribution >= 0.6 is 0 Å². The zero-order valence-electron chi connectivity index (χ0n) is 15.9. The van der Waals surface area contributed by atoms with Crippen LogP contribution in [0.25, 0.3) is 0 Å². The van der Waals surface area contributed by atoms with E-state index in [0.717, 1.165) is 34.5 Å². The van der Waals surface area contributed by atoms with E-state index < -0.39 is 0 Å². The Bertz CT molecular complexity index is 832. The van der Waals surface area contributed by atoms with Gasteiger partial charge in [-0.05, 0) is 54.7 Å². The minimum Gasteiger partial charge on any atom is -0.492 e. The minimum atomic E-state index is -0.233. The Morgan fingerprint density at radius 1 is 1.19 bits per heavy atom. The highest BCUT2D eigenvalue weighted by atomic mass is 16.5. The number of nitrogens with one attached hydrogen (secondary N) is 2. The number of benzene rings is 2. The van der Waals surface area contributed by atoms with Gasteiger partial charge in [-0.2, -0.15) is 0 Å². The third kappa shape index (κ3) is 4.88. The number of fused-ring (bicyclic) bond motifs is 1. The van der Waals surface area contributed by atoms with Crippen LogP contribution in [-0.4, -0.2) is 18.4 Å². The van der Waals surface area contributed by atoms with Gasteiger partial charge in [-0.1, -0.05) is 31.2 Å². The molecule has 0 saturated heterocycles. The quantitative estimate of drug-likeness (QED) is 0.821. The molecule has 0 aliphatic carbocycles. The topological polar surface area (TPSA) is 67.4 Å². The molecule has 3 rings (SSSR count). The lowest BCUT2D eigenvalue weighted by atomic mass is 9.95. The van der Waals surface area contributed by atoms with Crippen molar-refractivity contribution >= 4 is 17.5 Å². The molecule has 1 atom stereocenters. The molecule has 2 aromatic rings. The lowest BCUT2D eigenvalue weighted by molar-refractivity contribution is -0.126. The molecule has 0 spiro atoms. The van der Waals surface area contributed by atoms with Crippen LogP contribution in [0.1, 0.15) is 36.5 Å². The van der Waals surface area contributed by atoms with E-state index in [0.29, 0.717) is 26.0 Å². The number of anilines is 1. The van der Waals surface area contributed by atoms with Crippen LogP contribution in [0.3, 0.4) is 0 Å². The number of hydrogen-bond acceptors (Lipinski definition) is 3. The van der Waals surface area contributed by atoms with Crippen LogP contribution in [0.4, 0.5) is 5.69 Å². The molecular weight excluding hydrogens is 340 g/mol. The fraction of sp³-hybridized carbons (Fsp3) is 0.364. The van der Waals surface area contributed by atoms with Gasteiger partial charge < -0.3 is 15.4 Å². The fourth-order valence-electron chi connectivity index (χ4n) is 3.23. The number of aryl methyl sites for hydroxylation is 1. The number of ether oxygens (including phenoxy) is 1. The Hall–Kier alpha value is -2.82. The first-order valence-electron chi connectivity index (χ1n) is 9.44. The highest BCUT2D eigenvalue weighted by molar-refractivity contribution is 5.91. The molecule has 0 bridgehead atoms. The van der Waals surface area contributed by atoms with Crippen molar-refractivity contribution in [2.45, 2.75) is 39.7 Å². The van der Waals surface area contributed by atoms with Crippen molar-refractivity contribution < 1.29 is 14.3 Å². The van der Waals surface area contributed by atoms with Gasteiger partial charge in [-0.3, -0.25) is 9.59 Å². The monoisotopic (exact) mass is 366 g/mol. The number of hydrogen-bond donors (Lipinski definition) is 2. The number of rotatable bonds is 6. The summed E-state index contributed by atoms with van der Waals surface area (Å²) in [7, 11) is 0. The molecule has 0 fully saturated rings. The third-order valence-corrected chi connectivity index (χ3v) is 4.81. The molecule has 2 aromatic carbocycles. The SMILES string of the molecule is CCCC(=O)Nc1ccc2c(c1)C[C@H](C(=O)NCc1ccccc1C)CO2. The predicted octanol–water partition coefficient (Wildman–Crippen LogP) is 3.60. The van der Waals surface area contributed by atoms with Crippen LogP contribution in [-0.2, 0) is 22.6 Å². The molecule has 1 heterocycles. The molecule has 1 aliphatic heterocycles. The fourth-order valence-corrected chi connectivity index (χ4v) is 3.23. The van der Waals surface area contributed by atoms with E-state index in [9.17, 15) is 9.59 Å². The highest BCUT2D eigenvalue weighted by Crippen LogP contribution is 2.30. The molecular formula is C22H26N2O3. The first-order valence-corrected chi connectivity index (χ1v) is 9.44. The van der Waals surface area contributed by atoms with Crippen LogP contribution < -0.4 is 15.4 Å². The van der Waals surface area contributed by atoms with E-state index in [1.807, 2.05) is 56.3 Å². The van der Waals surface area contributed by atoms with Crippen molar-refractivity contribution in [3.8, 4) is 5.75 Å². The van der Waals surface area contributed by atoms with Gasteiger partial charge in [0.05, 0.1) is 5.92 Å². The standard InChI is InChI=1S/C22H26N2O3/c1-3-6-21(25)24-19-9-10-20-17(12-19)11-18(14-27-20)22(26)23-13-16-8-5-4-7-15(16)2/h4-5,7-10,12,18H,3,6,11,13-14H2,1-2H3,(H,23,26)(H,24,25)/t18-/m0/s1. The highest BCUT2D eigenvalue weighted by Gasteiger charge is 2.26. The van der Waals surface area contributed by atoms with Gasteiger partial charge in [0.1, 0.15) is 12.4 Å². The zero-order chi connectivity index (χ0) is 19.2. The maximum absolute atomic E-state index is 12.6. The molecule has 142 valence electrons. The van der Waals surface area contributed by atoms with Crippen molar-refractivity contribution in [1.29, 1.82) is 0 Å². The number of amides is 2. The molecule has 5 nitrogen and oxygen atoms in total. The summed E-state index contributed by atoms with van der Waals surface area (Å²) < 4.78 is 5.77. The second-order valence-corrected chi connectivity index (χ2v) is 6.98. The van der Waals surface area contributed by atoms with Gasteiger partial charge in [0.25, 0.3) is 0 Å². The second-order valence-electron chi connectivity index (χ2n) is 6.98. The first-order chi connectivity index (χ1) is 13.1. The lowest BCUT2D eigenvalue weighted by Gasteiger charge is -2.25. The van der Waals surface area contributed by atoms with Crippen LogP contribution in [0.2, 0.25) is 0 Å². The lowest BCUT2D eigenvalue weighted by Crippen LogP contribution is -2.37. The third-order valence-electron chi connectivity index (χ3n) is 4.81. The molecule has 0 unspecified atom stereocenters. The van der Waals surface area contributed by atoms with Crippen LogP contribution in [0.5, 0.6) is 5.75 Å². The Balaban J connectivity index is 1.61. The molecule has 2 N–H and O–H groups in total. The normalized spacial score (nSPS) is 15.4. The molecule has 0 aromatic heterocycles. The average molecular weight is 366 g/mol. The van der Waals surface area contributed by atoms with Crippen molar-refractivity contribution in [3.63, 3.8) is 0 Å². The van der Waals surface area contributed by atoms with E-state index in [2.05, 4.69) is 10.6 Å². The van der Waals surface area contributed by atoms with Crippen molar-refractivity contribution in [2.75, 3.05) is 11.9 Å². The van der Waals surface area contributed by atoms with E-state index in [-0.39, 0.29) is 17.7 Å². The van der Waals surface area contributed by atoms with E-state index in [4.69, 9.17) is 4.74 Å². The maximum Gasteiger partial charge on any atom is 0.227 e. The largest absolute Gasteiger partial charge is 0.492 e. The smallest absolute Gasteiger partial charge is 0.227 e. The van der Waals surface area contributed by atoms with Gasteiger partial charge in [0.2, 0.25) is 11.8 Å². The van der Waals surface area contributed by atoms with Crippen molar-refractivity contribution in [1.82, 2.24) is 5.32 Å². The van der Waals surface area contributed by atoms with Crippen molar-refractivity contribution in [2.24, 2.45) is 5.92 Å².